The molecule has 5 rings (SSSR count). The largest absolute Gasteiger partial charge is 0.368 e. The Bertz CT molecular complexity index is 1330. The number of piperazine rings is 1. The third-order valence-corrected chi connectivity index (χ3v) is 7.55. The average molecular weight is 491 g/mol. The number of amides is 1. The zero-order valence-electron chi connectivity index (χ0n) is 20.8. The fourth-order valence-electron chi connectivity index (χ4n) is 5.08. The van der Waals surface area contributed by atoms with E-state index >= 15 is 0 Å². The number of hydrogen-bond donors (Lipinski definition) is 2. The number of H-pyrrole nitrogens is 1. The van der Waals surface area contributed by atoms with E-state index in [9.17, 15) is 14.4 Å². The lowest BCUT2D eigenvalue weighted by atomic mass is 9.83. The lowest BCUT2D eigenvalue weighted by Crippen LogP contribution is -2.46. The highest BCUT2D eigenvalue weighted by Crippen LogP contribution is 2.28. The van der Waals surface area contributed by atoms with Crippen LogP contribution in [0.15, 0.2) is 46.1 Å². The number of rotatable bonds is 8. The fourth-order valence-corrected chi connectivity index (χ4v) is 5.08. The molecule has 3 heterocycles. The Morgan fingerprint density at radius 1 is 1.11 bits per heavy atom. The number of anilines is 1. The molecule has 0 bridgehead atoms. The van der Waals surface area contributed by atoms with Gasteiger partial charge in [0.2, 0.25) is 0 Å². The summed E-state index contributed by atoms with van der Waals surface area (Å²) in [5, 5.41) is 3.52. The second-order valence-corrected chi connectivity index (χ2v) is 9.87. The standard InChI is InChI=1S/C27H34N6O3/c1-2-33-26(35)22-8-6-20(16-24(22)30-27(33)36)18-31-12-14-32(15-13-31)21-7-9-23(29-17-21)25(34)28-11-10-19-4-3-5-19/h6-9,16-17,19H,2-5,10-15,18H2,1H3,(H,28,34)(H,30,36). The molecule has 2 aliphatic rings. The highest BCUT2D eigenvalue weighted by Gasteiger charge is 2.20. The van der Waals surface area contributed by atoms with E-state index in [-0.39, 0.29) is 17.2 Å². The van der Waals surface area contributed by atoms with Gasteiger partial charge in [0, 0.05) is 45.8 Å². The van der Waals surface area contributed by atoms with Gasteiger partial charge in [-0.3, -0.25) is 19.1 Å². The van der Waals surface area contributed by atoms with E-state index < -0.39 is 0 Å². The molecular weight excluding hydrogens is 456 g/mol. The molecule has 1 aliphatic heterocycles. The first-order valence-electron chi connectivity index (χ1n) is 13.0. The van der Waals surface area contributed by atoms with E-state index in [2.05, 4.69) is 25.1 Å². The van der Waals surface area contributed by atoms with E-state index in [4.69, 9.17) is 0 Å². The molecule has 2 fully saturated rings. The number of fused-ring (bicyclic) bond motifs is 1. The first kappa shape index (κ1) is 24.2. The second-order valence-electron chi connectivity index (χ2n) is 9.87. The summed E-state index contributed by atoms with van der Waals surface area (Å²) in [5.74, 6) is 0.680. The minimum atomic E-state index is -0.369. The Kier molecular flexibility index (Phi) is 7.18. The number of aromatic amines is 1. The molecular formula is C27H34N6O3. The van der Waals surface area contributed by atoms with Crippen molar-refractivity contribution in [3.63, 3.8) is 0 Å². The van der Waals surface area contributed by atoms with Crippen LogP contribution >= 0.6 is 0 Å². The van der Waals surface area contributed by atoms with Crippen molar-refractivity contribution in [1.82, 2.24) is 24.8 Å². The second kappa shape index (κ2) is 10.7. The summed E-state index contributed by atoms with van der Waals surface area (Å²) < 4.78 is 1.21. The number of nitrogens with one attached hydrogen (secondary N) is 2. The summed E-state index contributed by atoms with van der Waals surface area (Å²) >= 11 is 0. The van der Waals surface area contributed by atoms with Crippen molar-refractivity contribution in [2.75, 3.05) is 37.6 Å². The van der Waals surface area contributed by atoms with Gasteiger partial charge in [0.25, 0.3) is 11.5 Å². The maximum atomic E-state index is 12.5. The number of benzene rings is 1. The van der Waals surface area contributed by atoms with Crippen molar-refractivity contribution in [2.24, 2.45) is 5.92 Å². The van der Waals surface area contributed by atoms with E-state index in [1.54, 1.807) is 13.1 Å². The molecule has 1 aromatic carbocycles. The third-order valence-electron chi connectivity index (χ3n) is 7.55. The number of hydrogen-bond acceptors (Lipinski definition) is 6. The van der Waals surface area contributed by atoms with Crippen LogP contribution in [0.1, 0.15) is 48.7 Å². The number of carbonyl (C=O) groups excluding carboxylic acids is 1. The van der Waals surface area contributed by atoms with Gasteiger partial charge in [-0.25, -0.2) is 9.78 Å². The van der Waals surface area contributed by atoms with Crippen molar-refractivity contribution in [1.29, 1.82) is 0 Å². The van der Waals surface area contributed by atoms with Crippen LogP contribution in [0.5, 0.6) is 0 Å². The zero-order valence-corrected chi connectivity index (χ0v) is 20.8. The molecule has 190 valence electrons. The van der Waals surface area contributed by atoms with Gasteiger partial charge >= 0.3 is 5.69 Å². The molecule has 9 nitrogen and oxygen atoms in total. The average Bonchev–Trinajstić information content (AvgIpc) is 2.86. The molecule has 1 aliphatic carbocycles. The molecule has 1 saturated heterocycles. The SMILES string of the molecule is CCn1c(=O)[nH]c2cc(CN3CCN(c4ccc(C(=O)NCCC5CCC5)nc4)CC3)ccc2c1=O. The number of carbonyl (C=O) groups is 1. The van der Waals surface area contributed by atoms with Crippen LogP contribution in [-0.2, 0) is 13.1 Å². The van der Waals surface area contributed by atoms with E-state index in [1.165, 1.54) is 23.8 Å². The molecule has 1 saturated carbocycles. The lowest BCUT2D eigenvalue weighted by molar-refractivity contribution is 0.0944. The van der Waals surface area contributed by atoms with Gasteiger partial charge in [-0.2, -0.15) is 0 Å². The Balaban J connectivity index is 1.14. The summed E-state index contributed by atoms with van der Waals surface area (Å²) in [6, 6.07) is 9.47. The Morgan fingerprint density at radius 2 is 1.92 bits per heavy atom. The van der Waals surface area contributed by atoms with Gasteiger partial charge in [0.1, 0.15) is 5.69 Å². The van der Waals surface area contributed by atoms with Gasteiger partial charge in [-0.05, 0) is 49.1 Å². The highest BCUT2D eigenvalue weighted by molar-refractivity contribution is 5.92. The molecule has 9 heteroatoms. The van der Waals surface area contributed by atoms with Crippen molar-refractivity contribution >= 4 is 22.5 Å². The van der Waals surface area contributed by atoms with Crippen LogP contribution < -0.4 is 21.5 Å². The van der Waals surface area contributed by atoms with Gasteiger partial charge in [0.15, 0.2) is 0 Å². The van der Waals surface area contributed by atoms with E-state index in [0.29, 0.717) is 23.1 Å². The van der Waals surface area contributed by atoms with Crippen LogP contribution in [-0.4, -0.2) is 58.1 Å². The molecule has 2 aromatic heterocycles. The van der Waals surface area contributed by atoms with Gasteiger partial charge in [-0.1, -0.05) is 25.3 Å². The molecule has 0 radical (unpaired) electrons. The molecule has 0 atom stereocenters. The van der Waals surface area contributed by atoms with Gasteiger partial charge < -0.3 is 15.2 Å². The van der Waals surface area contributed by atoms with Crippen LogP contribution in [0.2, 0.25) is 0 Å². The maximum absolute atomic E-state index is 12.5. The molecule has 2 N–H and O–H groups in total. The predicted molar refractivity (Wildman–Crippen MR) is 141 cm³/mol. The molecule has 0 spiro atoms. The number of pyridine rings is 1. The third kappa shape index (κ3) is 5.21. The van der Waals surface area contributed by atoms with Gasteiger partial charge in [-0.15, -0.1) is 0 Å². The topological polar surface area (TPSA) is 103 Å². The molecule has 0 unspecified atom stereocenters. The van der Waals surface area contributed by atoms with Crippen molar-refractivity contribution < 1.29 is 4.79 Å². The number of nitrogens with zero attached hydrogens (tertiary/aromatic N) is 4. The predicted octanol–water partition coefficient (Wildman–Crippen LogP) is 2.35. The minimum absolute atomic E-state index is 0.101. The lowest BCUT2D eigenvalue weighted by Gasteiger charge is -2.36. The van der Waals surface area contributed by atoms with Crippen LogP contribution in [0.4, 0.5) is 5.69 Å². The van der Waals surface area contributed by atoms with Crippen LogP contribution in [0.3, 0.4) is 0 Å². The van der Waals surface area contributed by atoms with Crippen LogP contribution in [0.25, 0.3) is 10.9 Å². The van der Waals surface area contributed by atoms with Gasteiger partial charge in [0.05, 0.1) is 22.8 Å². The Labute approximate surface area is 210 Å². The monoisotopic (exact) mass is 490 g/mol. The summed E-state index contributed by atoms with van der Waals surface area (Å²) in [6.45, 7) is 7.10. The smallest absolute Gasteiger partial charge is 0.328 e. The fraction of sp³-hybridized carbons (Fsp3) is 0.481. The van der Waals surface area contributed by atoms with E-state index in [0.717, 1.165) is 62.9 Å². The molecule has 1 amide bonds. The Morgan fingerprint density at radius 3 is 2.58 bits per heavy atom. The quantitative estimate of drug-likeness (QED) is 0.503. The maximum Gasteiger partial charge on any atom is 0.328 e. The summed E-state index contributed by atoms with van der Waals surface area (Å²) in [6.07, 6.45) is 6.76. The Hall–Kier alpha value is -3.46. The van der Waals surface area contributed by atoms with Crippen LogP contribution in [0, 0.1) is 5.92 Å². The highest BCUT2D eigenvalue weighted by atomic mass is 16.2. The summed E-state index contributed by atoms with van der Waals surface area (Å²) in [5.41, 5.74) is 2.52. The van der Waals surface area contributed by atoms with Crippen molar-refractivity contribution in [3.8, 4) is 0 Å². The summed E-state index contributed by atoms with van der Waals surface area (Å²) in [7, 11) is 0. The number of aromatic nitrogens is 3. The molecule has 3 aromatic rings. The first-order valence-corrected chi connectivity index (χ1v) is 13.0. The normalized spacial score (nSPS) is 16.8. The van der Waals surface area contributed by atoms with Crippen molar-refractivity contribution in [2.45, 2.75) is 45.7 Å². The molecule has 36 heavy (non-hydrogen) atoms. The summed E-state index contributed by atoms with van der Waals surface area (Å²) in [4.78, 5) is 48.9. The minimum Gasteiger partial charge on any atom is -0.368 e. The zero-order chi connectivity index (χ0) is 25.1. The van der Waals surface area contributed by atoms with Crippen molar-refractivity contribution in [3.05, 3.63) is 68.6 Å². The first-order chi connectivity index (χ1) is 17.5. The van der Waals surface area contributed by atoms with E-state index in [1.807, 2.05) is 30.3 Å².